The summed E-state index contributed by atoms with van der Waals surface area (Å²) >= 11 is 0. The van der Waals surface area contributed by atoms with Gasteiger partial charge in [0, 0.05) is 19.3 Å². The van der Waals surface area contributed by atoms with E-state index in [1.807, 2.05) is 24.3 Å². The van der Waals surface area contributed by atoms with E-state index < -0.39 is 5.41 Å². The van der Waals surface area contributed by atoms with E-state index in [9.17, 15) is 5.26 Å². The van der Waals surface area contributed by atoms with Crippen molar-refractivity contribution in [1.29, 1.82) is 5.26 Å². The Morgan fingerprint density at radius 3 is 2.15 bits per heavy atom. The van der Waals surface area contributed by atoms with E-state index in [2.05, 4.69) is 44.0 Å². The maximum absolute atomic E-state index is 10.3. The van der Waals surface area contributed by atoms with Gasteiger partial charge in [0.15, 0.2) is 23.0 Å². The molecule has 1 heterocycles. The molecule has 0 aromatic heterocycles. The number of nitrogens with zero attached hydrogens (tertiary/aromatic N) is 2. The lowest BCUT2D eigenvalue weighted by Crippen LogP contribution is -2.31. The lowest BCUT2D eigenvalue weighted by atomic mass is 9.69. The van der Waals surface area contributed by atoms with E-state index in [1.54, 1.807) is 28.4 Å². The van der Waals surface area contributed by atoms with Crippen molar-refractivity contribution < 1.29 is 18.9 Å². The van der Waals surface area contributed by atoms with Crippen LogP contribution in [0.25, 0.3) is 6.08 Å². The zero-order valence-electron chi connectivity index (χ0n) is 21.4. The molecule has 1 atom stereocenters. The van der Waals surface area contributed by atoms with Gasteiger partial charge in [-0.15, -0.1) is 0 Å². The van der Waals surface area contributed by atoms with Crippen molar-refractivity contribution in [2.75, 3.05) is 35.5 Å². The minimum absolute atomic E-state index is 0.145. The van der Waals surface area contributed by atoms with E-state index in [1.165, 1.54) is 11.3 Å². The molecule has 0 saturated heterocycles. The zero-order chi connectivity index (χ0) is 24.9. The summed E-state index contributed by atoms with van der Waals surface area (Å²) in [4.78, 5) is 2.27. The summed E-state index contributed by atoms with van der Waals surface area (Å²) < 4.78 is 21.9. The van der Waals surface area contributed by atoms with E-state index in [0.29, 0.717) is 11.5 Å². The average Bonchev–Trinajstić information content (AvgIpc) is 2.85. The van der Waals surface area contributed by atoms with Gasteiger partial charge in [-0.2, -0.15) is 5.26 Å². The predicted molar refractivity (Wildman–Crippen MR) is 135 cm³/mol. The van der Waals surface area contributed by atoms with Gasteiger partial charge in [-0.1, -0.05) is 19.9 Å². The second-order valence-electron chi connectivity index (χ2n) is 9.06. The first kappa shape index (κ1) is 25.3. The highest BCUT2D eigenvalue weighted by Crippen LogP contribution is 2.42. The highest BCUT2D eigenvalue weighted by Gasteiger charge is 2.36. The van der Waals surface area contributed by atoms with Gasteiger partial charge in [-0.25, -0.2) is 0 Å². The van der Waals surface area contributed by atoms with Gasteiger partial charge in [-0.05, 0) is 72.2 Å². The van der Waals surface area contributed by atoms with Crippen LogP contribution in [0.15, 0.2) is 36.0 Å². The number of methoxy groups -OCH3 is 4. The second-order valence-corrected chi connectivity index (χ2v) is 9.06. The summed E-state index contributed by atoms with van der Waals surface area (Å²) in [6.45, 7) is 5.04. The van der Waals surface area contributed by atoms with Crippen molar-refractivity contribution in [2.24, 2.45) is 5.92 Å². The van der Waals surface area contributed by atoms with E-state index in [0.717, 1.165) is 48.4 Å². The Kier molecular flexibility index (Phi) is 7.98. The van der Waals surface area contributed by atoms with Gasteiger partial charge < -0.3 is 23.8 Å². The number of fused-ring (bicyclic) bond motifs is 1. The summed E-state index contributed by atoms with van der Waals surface area (Å²) in [7, 11) is 8.67. The van der Waals surface area contributed by atoms with Crippen LogP contribution in [0, 0.1) is 17.2 Å². The minimum atomic E-state index is -0.609. The normalized spacial score (nSPS) is 14.6. The molecule has 6 nitrogen and oxygen atoms in total. The van der Waals surface area contributed by atoms with Crippen molar-refractivity contribution in [3.05, 3.63) is 52.7 Å². The van der Waals surface area contributed by atoms with Crippen LogP contribution in [-0.4, -0.2) is 40.4 Å². The van der Waals surface area contributed by atoms with Crippen molar-refractivity contribution in [3.8, 4) is 29.1 Å². The Morgan fingerprint density at radius 1 is 0.941 bits per heavy atom. The molecule has 0 saturated carbocycles. The van der Waals surface area contributed by atoms with Crippen LogP contribution in [0.4, 0.5) is 0 Å². The zero-order valence-corrected chi connectivity index (χ0v) is 21.4. The molecular formula is C28H36N2O4. The smallest absolute Gasteiger partial charge is 0.161 e. The van der Waals surface area contributed by atoms with Crippen LogP contribution >= 0.6 is 0 Å². The van der Waals surface area contributed by atoms with Crippen LogP contribution in [0.3, 0.4) is 0 Å². The molecule has 2 aromatic rings. The first-order chi connectivity index (χ1) is 16.3. The molecule has 0 bridgehead atoms. The molecule has 182 valence electrons. The third-order valence-electron chi connectivity index (χ3n) is 6.95. The summed E-state index contributed by atoms with van der Waals surface area (Å²) in [5.74, 6) is 2.94. The number of hydrogen-bond acceptors (Lipinski definition) is 6. The monoisotopic (exact) mass is 464 g/mol. The Balaban J connectivity index is 1.84. The molecule has 0 fully saturated rings. The molecule has 1 aliphatic rings. The van der Waals surface area contributed by atoms with Crippen molar-refractivity contribution >= 4 is 6.08 Å². The fourth-order valence-corrected chi connectivity index (χ4v) is 4.80. The number of hydrogen-bond donors (Lipinski definition) is 0. The molecule has 6 heteroatoms. The Bertz CT molecular complexity index is 1090. The molecule has 0 aliphatic carbocycles. The molecule has 0 radical (unpaired) electrons. The maximum atomic E-state index is 10.3. The largest absolute Gasteiger partial charge is 0.493 e. The van der Waals surface area contributed by atoms with Crippen LogP contribution in [0.2, 0.25) is 0 Å². The molecule has 0 N–H and O–H groups in total. The third-order valence-corrected chi connectivity index (χ3v) is 6.95. The average molecular weight is 465 g/mol. The van der Waals surface area contributed by atoms with Crippen molar-refractivity contribution in [3.63, 3.8) is 0 Å². The second kappa shape index (κ2) is 10.7. The highest BCUT2D eigenvalue weighted by molar-refractivity contribution is 5.64. The lowest BCUT2D eigenvalue weighted by Gasteiger charge is -2.33. The standard InChI is InChI=1S/C28H36N2O4/c1-19(2)28(18-29,22-10-11-24(31-4)27(16-22)34-7)12-8-9-23-13-20-14-25(32-5)26(33-6)15-21(20)17-30(23)3/h10-11,13-16,19H,8-9,12,17H2,1-7H3. The quantitative estimate of drug-likeness (QED) is 0.443. The first-order valence-corrected chi connectivity index (χ1v) is 11.6. The molecule has 2 aromatic carbocycles. The lowest BCUT2D eigenvalue weighted by molar-refractivity contribution is 0.333. The van der Waals surface area contributed by atoms with Crippen LogP contribution in [0.5, 0.6) is 23.0 Å². The van der Waals surface area contributed by atoms with Gasteiger partial charge in [0.05, 0.1) is 39.9 Å². The predicted octanol–water partition coefficient (Wildman–Crippen LogP) is 5.80. The van der Waals surface area contributed by atoms with Crippen LogP contribution < -0.4 is 18.9 Å². The minimum Gasteiger partial charge on any atom is -0.493 e. The van der Waals surface area contributed by atoms with Crippen LogP contribution in [-0.2, 0) is 12.0 Å². The summed E-state index contributed by atoms with van der Waals surface area (Å²) in [5, 5.41) is 10.3. The molecular weight excluding hydrogens is 428 g/mol. The first-order valence-electron chi connectivity index (χ1n) is 11.6. The number of rotatable bonds is 10. The Labute approximate surface area is 203 Å². The highest BCUT2D eigenvalue weighted by atomic mass is 16.5. The van der Waals surface area contributed by atoms with Gasteiger partial charge in [0.25, 0.3) is 0 Å². The molecule has 1 unspecified atom stereocenters. The number of benzene rings is 2. The Morgan fingerprint density at radius 2 is 1.56 bits per heavy atom. The summed E-state index contributed by atoms with van der Waals surface area (Å²) in [5.41, 5.74) is 3.98. The maximum Gasteiger partial charge on any atom is 0.161 e. The van der Waals surface area contributed by atoms with E-state index >= 15 is 0 Å². The molecule has 1 aliphatic heterocycles. The van der Waals surface area contributed by atoms with Crippen molar-refractivity contribution in [1.82, 2.24) is 4.90 Å². The molecule has 34 heavy (non-hydrogen) atoms. The van der Waals surface area contributed by atoms with Gasteiger partial charge in [0.1, 0.15) is 0 Å². The van der Waals surface area contributed by atoms with Gasteiger partial charge in [-0.3, -0.25) is 0 Å². The Hall–Kier alpha value is -3.33. The molecule has 3 rings (SSSR count). The van der Waals surface area contributed by atoms with Gasteiger partial charge in [0.2, 0.25) is 0 Å². The van der Waals surface area contributed by atoms with E-state index in [-0.39, 0.29) is 5.92 Å². The summed E-state index contributed by atoms with van der Waals surface area (Å²) in [6, 6.07) is 12.6. The van der Waals surface area contributed by atoms with Gasteiger partial charge >= 0.3 is 0 Å². The third kappa shape index (κ3) is 4.79. The number of allylic oxidation sites excluding steroid dienone is 1. The van der Waals surface area contributed by atoms with Crippen LogP contribution in [0.1, 0.15) is 49.8 Å². The molecule has 0 spiro atoms. The van der Waals surface area contributed by atoms with E-state index in [4.69, 9.17) is 18.9 Å². The fourth-order valence-electron chi connectivity index (χ4n) is 4.80. The summed E-state index contributed by atoms with van der Waals surface area (Å²) in [6.07, 6.45) is 4.74. The number of ether oxygens (including phenoxy) is 4. The van der Waals surface area contributed by atoms with Crippen molar-refractivity contribution in [2.45, 2.75) is 45.1 Å². The molecule has 0 amide bonds. The number of nitriles is 1. The SMILES string of the molecule is COc1ccc(C(C#N)(CCCC2=Cc3cc(OC)c(OC)cc3CN2C)C(C)C)cc1OC. The fraction of sp³-hybridized carbons (Fsp3) is 0.464. The topological polar surface area (TPSA) is 64.0 Å².